The monoisotopic (exact) mass is 305 g/mol. The maximum absolute atomic E-state index is 5.26. The summed E-state index contributed by atoms with van der Waals surface area (Å²) in [6.07, 6.45) is 1.96. The van der Waals surface area contributed by atoms with Gasteiger partial charge in [0.15, 0.2) is 5.13 Å². The van der Waals surface area contributed by atoms with Crippen molar-refractivity contribution in [2.24, 2.45) is 0 Å². The third kappa shape index (κ3) is 4.72. The molecule has 0 saturated heterocycles. The molecule has 0 aliphatic heterocycles. The number of nitrogens with one attached hydrogen (secondary N) is 1. The van der Waals surface area contributed by atoms with E-state index in [-0.39, 0.29) is 0 Å². The van der Waals surface area contributed by atoms with Crippen LogP contribution >= 0.6 is 11.3 Å². The summed E-state index contributed by atoms with van der Waals surface area (Å²) in [6, 6.07) is 8.63. The van der Waals surface area contributed by atoms with Crippen LogP contribution in [0.25, 0.3) is 0 Å². The molecule has 0 amide bonds. The molecule has 0 atom stereocenters. The molecule has 2 aromatic rings. The number of ether oxygens (including phenoxy) is 1. The average Bonchev–Trinajstić information content (AvgIpc) is 2.94. The van der Waals surface area contributed by atoms with Crippen LogP contribution in [0, 0.1) is 0 Å². The predicted molar refractivity (Wildman–Crippen MR) is 89.2 cm³/mol. The second kappa shape index (κ2) is 7.43. The minimum absolute atomic E-state index is 0.491. The number of hydrogen-bond acceptors (Lipinski definition) is 5. The minimum Gasteiger partial charge on any atom is -0.497 e. The van der Waals surface area contributed by atoms with Gasteiger partial charge in [0.2, 0.25) is 0 Å². The second-order valence-electron chi connectivity index (χ2n) is 5.35. The maximum Gasteiger partial charge on any atom is 0.185 e. The average molecular weight is 305 g/mol. The molecule has 1 aromatic carbocycles. The second-order valence-corrected chi connectivity index (χ2v) is 6.45. The van der Waals surface area contributed by atoms with Gasteiger partial charge >= 0.3 is 0 Å². The molecule has 0 aliphatic carbocycles. The minimum atomic E-state index is 0.491. The van der Waals surface area contributed by atoms with E-state index in [1.54, 1.807) is 18.4 Å². The summed E-state index contributed by atoms with van der Waals surface area (Å²) < 4.78 is 5.26. The third-order valence-electron chi connectivity index (χ3n) is 3.11. The molecule has 1 aromatic heterocycles. The SMILES string of the molecule is COc1cccc(CN(C)c2ncc(CNC(C)C)s2)c1. The molecule has 114 valence electrons. The topological polar surface area (TPSA) is 37.4 Å². The zero-order valence-electron chi connectivity index (χ0n) is 13.1. The molecule has 5 heteroatoms. The van der Waals surface area contributed by atoms with E-state index in [1.165, 1.54) is 10.4 Å². The highest BCUT2D eigenvalue weighted by Crippen LogP contribution is 2.23. The fraction of sp³-hybridized carbons (Fsp3) is 0.438. The quantitative estimate of drug-likeness (QED) is 0.852. The highest BCUT2D eigenvalue weighted by molar-refractivity contribution is 7.15. The van der Waals surface area contributed by atoms with Crippen molar-refractivity contribution in [1.29, 1.82) is 0 Å². The fourth-order valence-electron chi connectivity index (χ4n) is 1.97. The number of thiazole rings is 1. The van der Waals surface area contributed by atoms with Gasteiger partial charge in [-0.25, -0.2) is 4.98 Å². The molecular weight excluding hydrogens is 282 g/mol. The summed E-state index contributed by atoms with van der Waals surface area (Å²) >= 11 is 1.73. The highest BCUT2D eigenvalue weighted by Gasteiger charge is 2.08. The number of rotatable bonds is 7. The molecule has 21 heavy (non-hydrogen) atoms. The van der Waals surface area contributed by atoms with E-state index in [0.717, 1.165) is 24.0 Å². The van der Waals surface area contributed by atoms with Crippen molar-refractivity contribution in [2.45, 2.75) is 33.0 Å². The fourth-order valence-corrected chi connectivity index (χ4v) is 2.79. The Bertz CT molecular complexity index is 568. The van der Waals surface area contributed by atoms with E-state index in [9.17, 15) is 0 Å². The third-order valence-corrected chi connectivity index (χ3v) is 4.22. The number of anilines is 1. The van der Waals surface area contributed by atoms with Crippen molar-refractivity contribution in [3.05, 3.63) is 40.9 Å². The lowest BCUT2D eigenvalue weighted by molar-refractivity contribution is 0.414. The van der Waals surface area contributed by atoms with Gasteiger partial charge < -0.3 is 15.0 Å². The molecule has 0 saturated carbocycles. The smallest absolute Gasteiger partial charge is 0.185 e. The maximum atomic E-state index is 5.26. The van der Waals surface area contributed by atoms with E-state index < -0.39 is 0 Å². The molecule has 2 rings (SSSR count). The highest BCUT2D eigenvalue weighted by atomic mass is 32.1. The Morgan fingerprint density at radius 2 is 2.19 bits per heavy atom. The number of hydrogen-bond donors (Lipinski definition) is 1. The van der Waals surface area contributed by atoms with E-state index in [4.69, 9.17) is 4.74 Å². The molecule has 1 N–H and O–H groups in total. The van der Waals surface area contributed by atoms with E-state index >= 15 is 0 Å². The molecule has 1 heterocycles. The van der Waals surface area contributed by atoms with Gasteiger partial charge in [0.05, 0.1) is 7.11 Å². The summed E-state index contributed by atoms with van der Waals surface area (Å²) in [4.78, 5) is 7.93. The van der Waals surface area contributed by atoms with E-state index in [1.807, 2.05) is 18.3 Å². The first-order valence-corrected chi connectivity index (χ1v) is 7.92. The zero-order valence-corrected chi connectivity index (χ0v) is 13.9. The first kappa shape index (κ1) is 15.8. The van der Waals surface area contributed by atoms with Crippen LogP contribution in [0.5, 0.6) is 5.75 Å². The number of nitrogens with zero attached hydrogens (tertiary/aromatic N) is 2. The Hall–Kier alpha value is -1.59. The number of aromatic nitrogens is 1. The molecule has 0 fully saturated rings. The van der Waals surface area contributed by atoms with Gasteiger partial charge in [-0.15, -0.1) is 11.3 Å². The van der Waals surface area contributed by atoms with Gasteiger partial charge in [-0.3, -0.25) is 0 Å². The first-order chi connectivity index (χ1) is 10.1. The van der Waals surface area contributed by atoms with Gasteiger partial charge in [-0.2, -0.15) is 0 Å². The van der Waals surface area contributed by atoms with Gasteiger partial charge in [0, 0.05) is 37.3 Å². The van der Waals surface area contributed by atoms with Crippen molar-refractivity contribution >= 4 is 16.5 Å². The van der Waals surface area contributed by atoms with Gasteiger partial charge in [0.25, 0.3) is 0 Å². The van der Waals surface area contributed by atoms with Gasteiger partial charge in [-0.05, 0) is 17.7 Å². The van der Waals surface area contributed by atoms with E-state index in [0.29, 0.717) is 6.04 Å². The predicted octanol–water partition coefficient (Wildman–Crippen LogP) is 3.29. The Kier molecular flexibility index (Phi) is 5.59. The lowest BCUT2D eigenvalue weighted by Crippen LogP contribution is -2.21. The summed E-state index contributed by atoms with van der Waals surface area (Å²) in [7, 11) is 3.76. The van der Waals surface area contributed by atoms with Crippen LogP contribution in [0.3, 0.4) is 0 Å². The summed E-state index contributed by atoms with van der Waals surface area (Å²) in [5, 5.41) is 4.45. The van der Waals surface area contributed by atoms with Crippen LogP contribution in [0.4, 0.5) is 5.13 Å². The van der Waals surface area contributed by atoms with Crippen LogP contribution in [0.1, 0.15) is 24.3 Å². The van der Waals surface area contributed by atoms with Crippen molar-refractivity contribution in [1.82, 2.24) is 10.3 Å². The molecule has 0 bridgehead atoms. The van der Waals surface area contributed by atoms with Crippen LogP contribution in [-0.2, 0) is 13.1 Å². The van der Waals surface area contributed by atoms with E-state index in [2.05, 4.69) is 48.2 Å². The van der Waals surface area contributed by atoms with Crippen molar-refractivity contribution in [2.75, 3.05) is 19.1 Å². The Morgan fingerprint density at radius 3 is 2.90 bits per heavy atom. The molecule has 0 aliphatic rings. The number of benzene rings is 1. The largest absolute Gasteiger partial charge is 0.497 e. The standard InChI is InChI=1S/C16H23N3OS/c1-12(2)17-9-15-10-18-16(21-15)19(3)11-13-6-5-7-14(8-13)20-4/h5-8,10,12,17H,9,11H2,1-4H3. The Morgan fingerprint density at radius 1 is 1.38 bits per heavy atom. The molecule has 0 spiro atoms. The molecule has 0 unspecified atom stereocenters. The summed E-state index contributed by atoms with van der Waals surface area (Å²) in [5.74, 6) is 0.891. The van der Waals surface area contributed by atoms with Crippen LogP contribution in [0.15, 0.2) is 30.5 Å². The Labute approximate surface area is 130 Å². The summed E-state index contributed by atoms with van der Waals surface area (Å²) in [6.45, 7) is 6.00. The molecule has 4 nitrogen and oxygen atoms in total. The molecular formula is C16H23N3OS. The van der Waals surface area contributed by atoms with Gasteiger partial charge in [-0.1, -0.05) is 26.0 Å². The summed E-state index contributed by atoms with van der Waals surface area (Å²) in [5.41, 5.74) is 1.22. The zero-order chi connectivity index (χ0) is 15.2. The Balaban J connectivity index is 1.97. The lowest BCUT2D eigenvalue weighted by atomic mass is 10.2. The lowest BCUT2D eigenvalue weighted by Gasteiger charge is -2.16. The molecule has 0 radical (unpaired) electrons. The van der Waals surface area contributed by atoms with Crippen molar-refractivity contribution < 1.29 is 4.74 Å². The number of methoxy groups -OCH3 is 1. The van der Waals surface area contributed by atoms with Crippen LogP contribution in [0.2, 0.25) is 0 Å². The normalized spacial score (nSPS) is 10.9. The van der Waals surface area contributed by atoms with Crippen LogP contribution < -0.4 is 15.0 Å². The van der Waals surface area contributed by atoms with Gasteiger partial charge in [0.1, 0.15) is 5.75 Å². The van der Waals surface area contributed by atoms with Crippen molar-refractivity contribution in [3.8, 4) is 5.75 Å². The van der Waals surface area contributed by atoms with Crippen molar-refractivity contribution in [3.63, 3.8) is 0 Å². The van der Waals surface area contributed by atoms with Crippen LogP contribution in [-0.4, -0.2) is 25.2 Å². The first-order valence-electron chi connectivity index (χ1n) is 7.10.